The van der Waals surface area contributed by atoms with Crippen LogP contribution in [0.5, 0.6) is 0 Å². The normalized spacial score (nSPS) is 6.75. The molecule has 0 radical (unpaired) electrons. The number of rotatable bonds is 0. The molecule has 0 amide bonds. The molecule has 0 aliphatic carbocycles. The molecule has 0 saturated heterocycles. The molecular formula is C7H10F3OZr. The third kappa shape index (κ3) is 22.5. The molecule has 0 saturated carbocycles. The van der Waals surface area contributed by atoms with Crippen molar-refractivity contribution >= 4 is 0 Å². The molecule has 0 unspecified atom stereocenters. The third-order valence-electron chi connectivity index (χ3n) is 0.667. The Labute approximate surface area is 80.2 Å². The molecule has 69 valence electrons. The topological polar surface area (TPSA) is 20.2 Å². The number of hydrogen-bond donors (Lipinski definition) is 1. The van der Waals surface area contributed by atoms with Gasteiger partial charge >= 0.3 is 31.5 Å². The van der Waals surface area contributed by atoms with E-state index in [2.05, 4.69) is 0 Å². The van der Waals surface area contributed by atoms with Crippen LogP contribution < -0.4 is 0 Å². The summed E-state index contributed by atoms with van der Waals surface area (Å²) in [6.45, 7) is 0. The Morgan fingerprint density at radius 2 is 0.833 bits per heavy atom. The molecule has 0 spiro atoms. The van der Waals surface area contributed by atoms with Crippen LogP contribution in [0, 0.1) is 0 Å². The molecule has 0 atom stereocenters. The van der Waals surface area contributed by atoms with E-state index < -0.39 is 23.6 Å². The molecule has 0 aliphatic rings. The van der Waals surface area contributed by atoms with Crippen LogP contribution in [-0.4, -0.2) is 12.2 Å². The maximum Gasteiger partial charge on any atom is -0.0623 e. The van der Waals surface area contributed by atoms with E-state index in [0.717, 1.165) is 7.11 Å². The zero-order chi connectivity index (χ0) is 9.82. The minimum absolute atomic E-state index is 1.00. The molecule has 0 aliphatic heterocycles. The van der Waals surface area contributed by atoms with Crippen LogP contribution in [-0.2, 0) is 23.6 Å². The van der Waals surface area contributed by atoms with E-state index in [4.69, 9.17) is 5.11 Å². The fourth-order valence-corrected chi connectivity index (χ4v) is 0.385. The molecule has 0 aromatic heterocycles. The van der Waals surface area contributed by atoms with E-state index in [0.29, 0.717) is 0 Å². The van der Waals surface area contributed by atoms with Gasteiger partial charge in [-0.3, -0.25) is 0 Å². The van der Waals surface area contributed by atoms with E-state index in [1.807, 2.05) is 36.4 Å². The van der Waals surface area contributed by atoms with Crippen molar-refractivity contribution in [3.8, 4) is 0 Å². The zero-order valence-electron chi connectivity index (χ0n) is 6.55. The van der Waals surface area contributed by atoms with Crippen LogP contribution in [0.15, 0.2) is 36.4 Å². The van der Waals surface area contributed by atoms with Crippen LogP contribution >= 0.6 is 0 Å². The molecule has 1 aromatic carbocycles. The summed E-state index contributed by atoms with van der Waals surface area (Å²) in [6.07, 6.45) is 0. The summed E-state index contributed by atoms with van der Waals surface area (Å²) in [6, 6.07) is 12.0. The van der Waals surface area contributed by atoms with Crippen molar-refractivity contribution in [2.45, 2.75) is 0 Å². The molecule has 0 fully saturated rings. The summed E-state index contributed by atoms with van der Waals surface area (Å²) >= 11 is -5.04. The fraction of sp³-hybridized carbons (Fsp3) is 0.143. The van der Waals surface area contributed by atoms with Gasteiger partial charge in [-0.25, -0.2) is 0 Å². The summed E-state index contributed by atoms with van der Waals surface area (Å²) in [7, 11) is 1.00. The van der Waals surface area contributed by atoms with Crippen molar-refractivity contribution in [1.29, 1.82) is 0 Å². The molecule has 5 heteroatoms. The monoisotopic (exact) mass is 257 g/mol. The van der Waals surface area contributed by atoms with Gasteiger partial charge in [0.15, 0.2) is 0 Å². The Kier molecular flexibility index (Phi) is 16.1. The summed E-state index contributed by atoms with van der Waals surface area (Å²) in [5.41, 5.74) is 0. The average molecular weight is 258 g/mol. The number of halogens is 3. The van der Waals surface area contributed by atoms with E-state index in [9.17, 15) is 7.88 Å². The van der Waals surface area contributed by atoms with Gasteiger partial charge < -0.3 is 5.11 Å². The summed E-state index contributed by atoms with van der Waals surface area (Å²) in [5, 5.41) is 7.00. The number of hydrogen-bond acceptors (Lipinski definition) is 1. The smallest absolute Gasteiger partial charge is 0.0623 e. The molecule has 1 aromatic rings. The van der Waals surface area contributed by atoms with Crippen LogP contribution in [0.2, 0.25) is 0 Å². The molecule has 0 bridgehead atoms. The maximum atomic E-state index is 9.86. The fourth-order valence-electron chi connectivity index (χ4n) is 0.385. The largest absolute Gasteiger partial charge is 0.0623 e. The Balaban J connectivity index is 0. The van der Waals surface area contributed by atoms with E-state index in [1.165, 1.54) is 0 Å². The second-order valence-electron chi connectivity index (χ2n) is 1.37. The van der Waals surface area contributed by atoms with Crippen LogP contribution in [0.4, 0.5) is 7.88 Å². The molecular weight excluding hydrogens is 248 g/mol. The maximum absolute atomic E-state index is 9.86. The predicted octanol–water partition coefficient (Wildman–Crippen LogP) is 2.55. The molecule has 1 nitrogen and oxygen atoms in total. The summed E-state index contributed by atoms with van der Waals surface area (Å²) < 4.78 is 29.6. The number of benzene rings is 1. The second kappa shape index (κ2) is 13.4. The molecule has 1 rings (SSSR count). The first kappa shape index (κ1) is 14.4. The van der Waals surface area contributed by atoms with Gasteiger partial charge in [-0.05, 0) is 0 Å². The van der Waals surface area contributed by atoms with Gasteiger partial charge in [0.05, 0.1) is 0 Å². The minimum atomic E-state index is -5.04. The van der Waals surface area contributed by atoms with E-state index >= 15 is 0 Å². The van der Waals surface area contributed by atoms with Gasteiger partial charge in [-0.1, -0.05) is 36.4 Å². The van der Waals surface area contributed by atoms with Gasteiger partial charge in [0.25, 0.3) is 0 Å². The summed E-state index contributed by atoms with van der Waals surface area (Å²) in [4.78, 5) is 0. The van der Waals surface area contributed by atoms with Gasteiger partial charge in [0.1, 0.15) is 0 Å². The second-order valence-corrected chi connectivity index (χ2v) is 2.42. The first-order valence-corrected chi connectivity index (χ1v) is 5.80. The van der Waals surface area contributed by atoms with Crippen molar-refractivity contribution in [3.63, 3.8) is 0 Å². The van der Waals surface area contributed by atoms with Crippen molar-refractivity contribution in [2.24, 2.45) is 0 Å². The third-order valence-corrected chi connectivity index (χ3v) is 0.667. The summed E-state index contributed by atoms with van der Waals surface area (Å²) in [5.74, 6) is 0. The average Bonchev–Trinajstić information content (AvgIpc) is 2.10. The van der Waals surface area contributed by atoms with Gasteiger partial charge in [0, 0.05) is 7.11 Å². The predicted molar refractivity (Wildman–Crippen MR) is 37.9 cm³/mol. The van der Waals surface area contributed by atoms with Crippen LogP contribution in [0.1, 0.15) is 0 Å². The van der Waals surface area contributed by atoms with Gasteiger partial charge in [0.2, 0.25) is 0 Å². The molecule has 1 N–H and O–H groups in total. The Hall–Kier alpha value is -0.147. The van der Waals surface area contributed by atoms with Crippen LogP contribution in [0.25, 0.3) is 0 Å². The Morgan fingerprint density at radius 3 is 0.917 bits per heavy atom. The standard InChI is InChI=1S/C6H6.CH4O.3FH.Zr/c1-2-4-6-5-3-1;1-2;;;;/h1-6H;2H,1H3;3*1H;/q;;;;;+3/p-3. The van der Waals surface area contributed by atoms with Gasteiger partial charge in [-0.15, -0.1) is 0 Å². The van der Waals surface area contributed by atoms with Crippen molar-refractivity contribution in [3.05, 3.63) is 36.4 Å². The SMILES string of the molecule is CO.[F][Zr]([F])[F].c1ccccc1. The molecule has 0 heterocycles. The Bertz CT molecular complexity index is 119. The quantitative estimate of drug-likeness (QED) is 0.758. The number of aliphatic hydroxyl groups excluding tert-OH is 1. The Morgan fingerprint density at radius 1 is 0.750 bits per heavy atom. The zero-order valence-corrected chi connectivity index (χ0v) is 9.00. The van der Waals surface area contributed by atoms with E-state index in [1.54, 1.807) is 0 Å². The van der Waals surface area contributed by atoms with Crippen molar-refractivity contribution in [2.75, 3.05) is 7.11 Å². The van der Waals surface area contributed by atoms with Gasteiger partial charge in [-0.2, -0.15) is 0 Å². The number of aliphatic hydroxyl groups is 1. The minimum Gasteiger partial charge on any atom is -0.0623 e. The first-order valence-electron chi connectivity index (χ1n) is 3.01. The van der Waals surface area contributed by atoms with Crippen molar-refractivity contribution < 1.29 is 36.6 Å². The van der Waals surface area contributed by atoms with Crippen LogP contribution in [0.3, 0.4) is 0 Å². The van der Waals surface area contributed by atoms with E-state index in [-0.39, 0.29) is 0 Å². The van der Waals surface area contributed by atoms with Crippen molar-refractivity contribution in [1.82, 2.24) is 0 Å². The molecule has 12 heavy (non-hydrogen) atoms. The first-order chi connectivity index (χ1) is 5.73.